The summed E-state index contributed by atoms with van der Waals surface area (Å²) < 4.78 is 0.826. The molecule has 1 heterocycles. The molecule has 0 aliphatic carbocycles. The molecule has 114 valence electrons. The molecule has 0 spiro atoms. The molecule has 2 unspecified atom stereocenters. The smallest absolute Gasteiger partial charge is 0.224 e. The van der Waals surface area contributed by atoms with Crippen LogP contribution in [0.4, 0.5) is 5.69 Å². The first-order valence-electron chi connectivity index (χ1n) is 6.71. The predicted octanol–water partition coefficient (Wildman–Crippen LogP) is 2.13. The van der Waals surface area contributed by atoms with Crippen molar-refractivity contribution in [2.24, 2.45) is 0 Å². The number of benzene rings is 1. The van der Waals surface area contributed by atoms with Crippen LogP contribution in [0.15, 0.2) is 22.7 Å². The Kier molecular flexibility index (Phi) is 4.13. The van der Waals surface area contributed by atoms with E-state index in [2.05, 4.69) is 21.2 Å². The molecule has 2 rings (SSSR count). The van der Waals surface area contributed by atoms with Crippen molar-refractivity contribution in [3.63, 3.8) is 0 Å². The van der Waals surface area contributed by atoms with Crippen molar-refractivity contribution >= 4 is 33.4 Å². The van der Waals surface area contributed by atoms with Crippen molar-refractivity contribution in [1.82, 2.24) is 5.32 Å². The highest BCUT2D eigenvalue weighted by molar-refractivity contribution is 9.10. The zero-order valence-electron chi connectivity index (χ0n) is 12.5. The van der Waals surface area contributed by atoms with Gasteiger partial charge in [0.2, 0.25) is 11.8 Å². The highest BCUT2D eigenvalue weighted by Crippen LogP contribution is 2.43. The highest BCUT2D eigenvalue weighted by atomic mass is 79.9. The van der Waals surface area contributed by atoms with Crippen LogP contribution >= 0.6 is 15.9 Å². The van der Waals surface area contributed by atoms with Crippen molar-refractivity contribution < 1.29 is 14.7 Å². The van der Waals surface area contributed by atoms with Crippen LogP contribution in [0.2, 0.25) is 0 Å². The maximum Gasteiger partial charge on any atom is 0.224 e. The first-order valence-corrected chi connectivity index (χ1v) is 7.51. The molecule has 2 N–H and O–H groups in total. The summed E-state index contributed by atoms with van der Waals surface area (Å²) in [6, 6.07) is 4.93. The van der Waals surface area contributed by atoms with E-state index in [4.69, 9.17) is 0 Å². The van der Waals surface area contributed by atoms with Gasteiger partial charge in [0.15, 0.2) is 0 Å². The summed E-state index contributed by atoms with van der Waals surface area (Å²) in [7, 11) is 0. The Morgan fingerprint density at radius 1 is 1.33 bits per heavy atom. The van der Waals surface area contributed by atoms with Gasteiger partial charge in [0.25, 0.3) is 0 Å². The lowest BCUT2D eigenvalue weighted by atomic mass is 9.80. The van der Waals surface area contributed by atoms with E-state index in [1.807, 2.05) is 18.2 Å². The zero-order chi connectivity index (χ0) is 15.9. The average Bonchev–Trinajstić information content (AvgIpc) is 2.35. The Balaban J connectivity index is 2.66. The minimum Gasteiger partial charge on any atom is -0.388 e. The predicted molar refractivity (Wildman–Crippen MR) is 83.9 cm³/mol. The van der Waals surface area contributed by atoms with Gasteiger partial charge >= 0.3 is 0 Å². The number of anilines is 1. The lowest BCUT2D eigenvalue weighted by Crippen LogP contribution is -2.62. The number of rotatable bonds is 1. The van der Waals surface area contributed by atoms with E-state index in [0.717, 1.165) is 10.0 Å². The Morgan fingerprint density at radius 2 is 1.95 bits per heavy atom. The lowest BCUT2D eigenvalue weighted by Gasteiger charge is -2.49. The third-order valence-electron chi connectivity index (χ3n) is 3.86. The average molecular weight is 355 g/mol. The molecular weight excluding hydrogens is 336 g/mol. The van der Waals surface area contributed by atoms with Crippen molar-refractivity contribution in [2.45, 2.75) is 45.4 Å². The van der Waals surface area contributed by atoms with Crippen molar-refractivity contribution in [3.8, 4) is 0 Å². The van der Waals surface area contributed by atoms with Crippen molar-refractivity contribution in [3.05, 3.63) is 28.2 Å². The topological polar surface area (TPSA) is 69.6 Å². The largest absolute Gasteiger partial charge is 0.388 e. The minimum atomic E-state index is -0.910. The molecule has 5 nitrogen and oxygen atoms in total. The molecular formula is C15H19BrN2O3. The van der Waals surface area contributed by atoms with Gasteiger partial charge in [-0.25, -0.2) is 0 Å². The quantitative estimate of drug-likeness (QED) is 0.811. The monoisotopic (exact) mass is 354 g/mol. The van der Waals surface area contributed by atoms with Gasteiger partial charge in [0, 0.05) is 29.6 Å². The van der Waals surface area contributed by atoms with E-state index in [1.165, 1.54) is 13.8 Å². The number of carbonyl (C=O) groups excluding carboxylic acids is 2. The van der Waals surface area contributed by atoms with E-state index in [0.29, 0.717) is 5.69 Å². The number of hydrogen-bond acceptors (Lipinski definition) is 3. The standard InChI is InChI=1S/C15H19BrN2O3/c1-8(19)17-13-11-7-10(16)5-6-12(11)18(9(2)20)15(3,4)14(13)21/h5-7,13-14,21H,1-4H3,(H,17,19). The van der Waals surface area contributed by atoms with Crippen molar-refractivity contribution in [1.29, 1.82) is 0 Å². The van der Waals surface area contributed by atoms with Gasteiger partial charge in [-0.3, -0.25) is 9.59 Å². The molecule has 0 aromatic heterocycles. The van der Waals surface area contributed by atoms with Crippen LogP contribution in [0, 0.1) is 0 Å². The number of hydrogen-bond donors (Lipinski definition) is 2. The molecule has 0 saturated heterocycles. The number of halogens is 1. The van der Waals surface area contributed by atoms with Gasteiger partial charge in [-0.15, -0.1) is 0 Å². The van der Waals surface area contributed by atoms with Gasteiger partial charge in [-0.1, -0.05) is 15.9 Å². The van der Waals surface area contributed by atoms with Crippen LogP contribution in [-0.4, -0.2) is 28.6 Å². The fourth-order valence-corrected chi connectivity index (χ4v) is 3.33. The molecule has 21 heavy (non-hydrogen) atoms. The summed E-state index contributed by atoms with van der Waals surface area (Å²) in [6.07, 6.45) is -0.910. The van der Waals surface area contributed by atoms with Crippen molar-refractivity contribution in [2.75, 3.05) is 4.90 Å². The molecule has 1 aromatic carbocycles. The van der Waals surface area contributed by atoms with Gasteiger partial charge in [-0.05, 0) is 32.0 Å². The van der Waals surface area contributed by atoms with E-state index in [1.54, 1.807) is 18.7 Å². The Morgan fingerprint density at radius 3 is 2.48 bits per heavy atom. The Hall–Kier alpha value is -1.40. The van der Waals surface area contributed by atoms with E-state index in [-0.39, 0.29) is 11.8 Å². The van der Waals surface area contributed by atoms with Gasteiger partial charge in [-0.2, -0.15) is 0 Å². The van der Waals surface area contributed by atoms with Crippen LogP contribution in [0.25, 0.3) is 0 Å². The normalized spacial score (nSPS) is 23.4. The first kappa shape index (κ1) is 16.0. The van der Waals surface area contributed by atoms with Crippen LogP contribution < -0.4 is 10.2 Å². The maximum absolute atomic E-state index is 12.1. The molecule has 1 aliphatic heterocycles. The summed E-state index contributed by atoms with van der Waals surface area (Å²) in [6.45, 7) is 6.46. The molecule has 0 saturated carbocycles. The van der Waals surface area contributed by atoms with Crippen LogP contribution in [0.5, 0.6) is 0 Å². The molecule has 2 atom stereocenters. The van der Waals surface area contributed by atoms with Crippen LogP contribution in [-0.2, 0) is 9.59 Å². The van der Waals surface area contributed by atoms with Gasteiger partial charge in [0.05, 0.1) is 11.6 Å². The van der Waals surface area contributed by atoms with E-state index >= 15 is 0 Å². The SMILES string of the molecule is CC(=O)NC1c2cc(Br)ccc2N(C(C)=O)C(C)(C)C1O. The summed E-state index contributed by atoms with van der Waals surface area (Å²) in [5.74, 6) is -0.374. The molecule has 1 aliphatic rings. The number of carbonyl (C=O) groups is 2. The third-order valence-corrected chi connectivity index (χ3v) is 4.35. The molecule has 6 heteroatoms. The number of nitrogens with one attached hydrogen (secondary N) is 1. The second-order valence-corrected chi connectivity index (χ2v) is 6.75. The fraction of sp³-hybridized carbons (Fsp3) is 0.467. The Bertz CT molecular complexity index is 601. The summed E-state index contributed by atoms with van der Waals surface area (Å²) in [5.41, 5.74) is 0.612. The zero-order valence-corrected chi connectivity index (χ0v) is 14.1. The lowest BCUT2D eigenvalue weighted by molar-refractivity contribution is -0.121. The number of fused-ring (bicyclic) bond motifs is 1. The first-order chi connectivity index (χ1) is 9.66. The molecule has 1 aromatic rings. The van der Waals surface area contributed by atoms with Crippen LogP contribution in [0.1, 0.15) is 39.3 Å². The fourth-order valence-electron chi connectivity index (χ4n) is 2.95. The number of nitrogens with zero attached hydrogens (tertiary/aromatic N) is 1. The van der Waals surface area contributed by atoms with E-state index < -0.39 is 17.7 Å². The van der Waals surface area contributed by atoms with E-state index in [9.17, 15) is 14.7 Å². The molecule has 2 amide bonds. The minimum absolute atomic E-state index is 0.149. The summed E-state index contributed by atoms with van der Waals surface area (Å²) in [4.78, 5) is 25.1. The molecule has 0 fully saturated rings. The van der Waals surface area contributed by atoms with Gasteiger partial charge < -0.3 is 15.3 Å². The maximum atomic E-state index is 12.1. The second kappa shape index (κ2) is 5.42. The van der Waals surface area contributed by atoms with Crippen LogP contribution in [0.3, 0.4) is 0 Å². The summed E-state index contributed by atoms with van der Waals surface area (Å²) in [5, 5.41) is 13.5. The Labute approximate surface area is 132 Å². The number of aliphatic hydroxyl groups is 1. The third kappa shape index (κ3) is 2.70. The number of aliphatic hydroxyl groups excluding tert-OH is 1. The number of amides is 2. The molecule has 0 bridgehead atoms. The summed E-state index contributed by atoms with van der Waals surface area (Å²) >= 11 is 3.39. The molecule has 0 radical (unpaired) electrons. The second-order valence-electron chi connectivity index (χ2n) is 5.83. The highest BCUT2D eigenvalue weighted by Gasteiger charge is 2.47. The van der Waals surface area contributed by atoms with Gasteiger partial charge in [0.1, 0.15) is 6.10 Å².